The van der Waals surface area contributed by atoms with Crippen LogP contribution in [0.3, 0.4) is 0 Å². The number of carbonyl (C=O) groups excluding carboxylic acids is 3. The number of benzene rings is 1. The van der Waals surface area contributed by atoms with Crippen LogP contribution in [0.5, 0.6) is 0 Å². The molecule has 0 fully saturated rings. The zero-order chi connectivity index (χ0) is 19.4. The quantitative estimate of drug-likeness (QED) is 0.802. The number of para-hydroxylation sites is 1. The summed E-state index contributed by atoms with van der Waals surface area (Å²) in [6, 6.07) is 10.3. The Morgan fingerprint density at radius 3 is 2.27 bits per heavy atom. The summed E-state index contributed by atoms with van der Waals surface area (Å²) in [7, 11) is 0. The maximum atomic E-state index is 12.6. The average molecular weight is 357 g/mol. The van der Waals surface area contributed by atoms with Gasteiger partial charge in [-0.05, 0) is 38.0 Å². The standard InChI is InChI=1S/C19H23N3O4/c1-11(2)16(17(23)21-19(20)25)26-18(24)15-10-12(3)22(13(15)4)14-8-6-5-7-9-14/h5-11,16H,1-4H3,(H3,20,21,23,25). The van der Waals surface area contributed by atoms with E-state index in [0.29, 0.717) is 11.3 Å². The van der Waals surface area contributed by atoms with Crippen molar-refractivity contribution >= 4 is 17.9 Å². The fourth-order valence-electron chi connectivity index (χ4n) is 2.81. The number of primary amides is 1. The van der Waals surface area contributed by atoms with E-state index in [-0.39, 0.29) is 5.92 Å². The minimum absolute atomic E-state index is 0.323. The van der Waals surface area contributed by atoms with E-state index in [2.05, 4.69) is 0 Å². The molecule has 7 nitrogen and oxygen atoms in total. The number of carbonyl (C=O) groups is 3. The molecule has 26 heavy (non-hydrogen) atoms. The van der Waals surface area contributed by atoms with Gasteiger partial charge in [0.15, 0.2) is 6.10 Å². The molecule has 7 heteroatoms. The summed E-state index contributed by atoms with van der Waals surface area (Å²) in [5.74, 6) is -1.69. The van der Waals surface area contributed by atoms with Gasteiger partial charge in [0.2, 0.25) is 0 Å². The van der Waals surface area contributed by atoms with Crippen molar-refractivity contribution < 1.29 is 19.1 Å². The maximum absolute atomic E-state index is 12.6. The zero-order valence-electron chi connectivity index (χ0n) is 15.3. The molecule has 1 atom stereocenters. The minimum Gasteiger partial charge on any atom is -0.448 e. The fraction of sp³-hybridized carbons (Fsp3) is 0.316. The smallest absolute Gasteiger partial charge is 0.340 e. The summed E-state index contributed by atoms with van der Waals surface area (Å²) >= 11 is 0. The van der Waals surface area contributed by atoms with Crippen LogP contribution in [0.15, 0.2) is 36.4 Å². The minimum atomic E-state index is -1.12. The van der Waals surface area contributed by atoms with Crippen molar-refractivity contribution in [1.29, 1.82) is 0 Å². The van der Waals surface area contributed by atoms with Gasteiger partial charge in [-0.15, -0.1) is 0 Å². The molecule has 138 valence electrons. The number of nitrogens with two attached hydrogens (primary N) is 1. The van der Waals surface area contributed by atoms with Crippen molar-refractivity contribution in [2.24, 2.45) is 11.7 Å². The molecule has 1 heterocycles. The predicted molar refractivity (Wildman–Crippen MR) is 97.0 cm³/mol. The van der Waals surface area contributed by atoms with Crippen molar-refractivity contribution in [3.05, 3.63) is 53.3 Å². The molecule has 0 aliphatic carbocycles. The van der Waals surface area contributed by atoms with Crippen LogP contribution < -0.4 is 11.1 Å². The Kier molecular flexibility index (Phi) is 5.82. The Labute approximate surface area is 152 Å². The Morgan fingerprint density at radius 1 is 1.12 bits per heavy atom. The summed E-state index contributed by atoms with van der Waals surface area (Å²) in [5.41, 5.74) is 7.83. The molecule has 0 saturated heterocycles. The molecular formula is C19H23N3O4. The lowest BCUT2D eigenvalue weighted by atomic mass is 10.1. The van der Waals surface area contributed by atoms with E-state index < -0.39 is 24.0 Å². The number of ether oxygens (including phenoxy) is 1. The molecule has 1 unspecified atom stereocenters. The molecular weight excluding hydrogens is 334 g/mol. The second-order valence-electron chi connectivity index (χ2n) is 6.38. The summed E-state index contributed by atoms with van der Waals surface area (Å²) < 4.78 is 7.31. The van der Waals surface area contributed by atoms with E-state index in [4.69, 9.17) is 10.5 Å². The number of esters is 1. The molecule has 1 aromatic carbocycles. The summed E-state index contributed by atoms with van der Waals surface area (Å²) in [5, 5.41) is 1.96. The SMILES string of the molecule is Cc1cc(C(=O)OC(C(=O)NC(N)=O)C(C)C)c(C)n1-c1ccccc1. The van der Waals surface area contributed by atoms with Gasteiger partial charge in [-0.25, -0.2) is 9.59 Å². The van der Waals surface area contributed by atoms with Gasteiger partial charge in [0.1, 0.15) is 0 Å². The molecule has 0 aliphatic rings. The van der Waals surface area contributed by atoms with E-state index in [1.165, 1.54) is 0 Å². The van der Waals surface area contributed by atoms with Crippen molar-refractivity contribution in [3.63, 3.8) is 0 Å². The van der Waals surface area contributed by atoms with Crippen LogP contribution in [0.25, 0.3) is 5.69 Å². The van der Waals surface area contributed by atoms with E-state index in [1.54, 1.807) is 19.9 Å². The van der Waals surface area contributed by atoms with Crippen LogP contribution in [0.2, 0.25) is 0 Å². The largest absolute Gasteiger partial charge is 0.448 e. The molecule has 1 aromatic heterocycles. The maximum Gasteiger partial charge on any atom is 0.340 e. The van der Waals surface area contributed by atoms with Crippen molar-refractivity contribution in [1.82, 2.24) is 9.88 Å². The molecule has 3 amide bonds. The number of nitrogens with one attached hydrogen (secondary N) is 1. The normalized spacial score (nSPS) is 11.9. The number of rotatable bonds is 5. The van der Waals surface area contributed by atoms with Crippen molar-refractivity contribution in [2.45, 2.75) is 33.8 Å². The van der Waals surface area contributed by atoms with Gasteiger partial charge in [0.25, 0.3) is 5.91 Å². The molecule has 0 aliphatic heterocycles. The van der Waals surface area contributed by atoms with Gasteiger partial charge in [0, 0.05) is 17.1 Å². The molecule has 0 bridgehead atoms. The monoisotopic (exact) mass is 357 g/mol. The lowest BCUT2D eigenvalue weighted by Crippen LogP contribution is -2.45. The van der Waals surface area contributed by atoms with Crippen LogP contribution >= 0.6 is 0 Å². The van der Waals surface area contributed by atoms with Gasteiger partial charge in [-0.3, -0.25) is 10.1 Å². The van der Waals surface area contributed by atoms with Gasteiger partial charge in [-0.1, -0.05) is 32.0 Å². The highest BCUT2D eigenvalue weighted by molar-refractivity contribution is 5.98. The summed E-state index contributed by atoms with van der Waals surface area (Å²) in [6.45, 7) is 7.12. The van der Waals surface area contributed by atoms with Crippen LogP contribution in [0.4, 0.5) is 4.79 Å². The van der Waals surface area contributed by atoms with E-state index in [0.717, 1.165) is 11.4 Å². The number of aromatic nitrogens is 1. The first-order chi connectivity index (χ1) is 12.2. The number of urea groups is 1. The Hall–Kier alpha value is -3.09. The fourth-order valence-corrected chi connectivity index (χ4v) is 2.81. The lowest BCUT2D eigenvalue weighted by molar-refractivity contribution is -0.130. The van der Waals surface area contributed by atoms with Crippen LogP contribution in [0.1, 0.15) is 35.6 Å². The zero-order valence-corrected chi connectivity index (χ0v) is 15.3. The first kappa shape index (κ1) is 19.2. The number of hydrogen-bond donors (Lipinski definition) is 2. The Balaban J connectivity index is 2.29. The van der Waals surface area contributed by atoms with Crippen LogP contribution in [0, 0.1) is 19.8 Å². The van der Waals surface area contributed by atoms with Gasteiger partial charge in [-0.2, -0.15) is 0 Å². The average Bonchev–Trinajstić information content (AvgIpc) is 2.86. The third-order valence-electron chi connectivity index (χ3n) is 4.01. The molecule has 2 aromatic rings. The van der Waals surface area contributed by atoms with E-state index >= 15 is 0 Å². The summed E-state index contributed by atoms with van der Waals surface area (Å²) in [6.07, 6.45) is -1.12. The third-order valence-corrected chi connectivity index (χ3v) is 4.01. The van der Waals surface area contributed by atoms with Gasteiger partial charge in [0.05, 0.1) is 5.56 Å². The highest BCUT2D eigenvalue weighted by atomic mass is 16.5. The first-order valence-electron chi connectivity index (χ1n) is 8.28. The number of hydrogen-bond acceptors (Lipinski definition) is 4. The van der Waals surface area contributed by atoms with E-state index in [1.807, 2.05) is 54.1 Å². The molecule has 2 rings (SSSR count). The van der Waals surface area contributed by atoms with Crippen LogP contribution in [-0.4, -0.2) is 28.6 Å². The Morgan fingerprint density at radius 2 is 1.73 bits per heavy atom. The Bertz CT molecular complexity index is 825. The molecule has 3 N–H and O–H groups in total. The number of imide groups is 1. The van der Waals surface area contributed by atoms with Crippen molar-refractivity contribution in [2.75, 3.05) is 0 Å². The second kappa shape index (κ2) is 7.86. The predicted octanol–water partition coefficient (Wildman–Crippen LogP) is 2.47. The van der Waals surface area contributed by atoms with Crippen LogP contribution in [-0.2, 0) is 9.53 Å². The van der Waals surface area contributed by atoms with E-state index in [9.17, 15) is 14.4 Å². The molecule has 0 saturated carbocycles. The first-order valence-corrected chi connectivity index (χ1v) is 8.28. The second-order valence-corrected chi connectivity index (χ2v) is 6.38. The number of aryl methyl sites for hydroxylation is 1. The highest BCUT2D eigenvalue weighted by Gasteiger charge is 2.29. The van der Waals surface area contributed by atoms with Crippen molar-refractivity contribution in [3.8, 4) is 5.69 Å². The lowest BCUT2D eigenvalue weighted by Gasteiger charge is -2.19. The number of nitrogens with zero attached hydrogens (tertiary/aromatic N) is 1. The summed E-state index contributed by atoms with van der Waals surface area (Å²) in [4.78, 5) is 35.6. The third kappa shape index (κ3) is 4.11. The topological polar surface area (TPSA) is 103 Å². The number of amides is 3. The molecule has 0 radical (unpaired) electrons. The van der Waals surface area contributed by atoms with Gasteiger partial charge >= 0.3 is 12.0 Å². The highest BCUT2D eigenvalue weighted by Crippen LogP contribution is 2.22. The molecule has 0 spiro atoms. The van der Waals surface area contributed by atoms with Gasteiger partial charge < -0.3 is 15.0 Å².